The number of ether oxygens (including phenoxy) is 1. The van der Waals surface area contributed by atoms with Gasteiger partial charge in [-0.15, -0.1) is 5.10 Å². The molecule has 24 heavy (non-hydrogen) atoms. The Labute approximate surface area is 140 Å². The number of esters is 1. The maximum atomic E-state index is 12.2. The SMILES string of the molecule is CCn1nnc2cc(C(=O)OCC(=O)N3CCCC(C)C3)ccc21. The summed E-state index contributed by atoms with van der Waals surface area (Å²) in [7, 11) is 0. The molecule has 1 aliphatic rings. The molecule has 0 bridgehead atoms. The lowest BCUT2D eigenvalue weighted by atomic mass is 10.0. The van der Waals surface area contributed by atoms with Crippen molar-refractivity contribution in [3.63, 3.8) is 0 Å². The Hall–Kier alpha value is -2.44. The van der Waals surface area contributed by atoms with Crippen molar-refractivity contribution in [3.8, 4) is 0 Å². The molecule has 0 radical (unpaired) electrons. The molecule has 0 spiro atoms. The van der Waals surface area contributed by atoms with Gasteiger partial charge in [0, 0.05) is 19.6 Å². The van der Waals surface area contributed by atoms with Crippen molar-refractivity contribution in [3.05, 3.63) is 23.8 Å². The highest BCUT2D eigenvalue weighted by atomic mass is 16.5. The summed E-state index contributed by atoms with van der Waals surface area (Å²) in [5.41, 5.74) is 1.89. The van der Waals surface area contributed by atoms with Crippen LogP contribution in [0.1, 0.15) is 37.0 Å². The summed E-state index contributed by atoms with van der Waals surface area (Å²) < 4.78 is 6.93. The van der Waals surface area contributed by atoms with Crippen molar-refractivity contribution in [2.45, 2.75) is 33.2 Å². The molecule has 0 aliphatic carbocycles. The number of hydrogen-bond donors (Lipinski definition) is 0. The van der Waals surface area contributed by atoms with Gasteiger partial charge in [0.2, 0.25) is 0 Å². The van der Waals surface area contributed by atoms with Crippen LogP contribution in [0.3, 0.4) is 0 Å². The molecule has 1 fully saturated rings. The van der Waals surface area contributed by atoms with Gasteiger partial charge in [-0.25, -0.2) is 9.48 Å². The number of rotatable bonds is 4. The molecule has 0 saturated carbocycles. The van der Waals surface area contributed by atoms with Crippen LogP contribution in [-0.4, -0.2) is 51.5 Å². The lowest BCUT2D eigenvalue weighted by Gasteiger charge is -2.30. The molecule has 1 aliphatic heterocycles. The maximum Gasteiger partial charge on any atom is 0.338 e. The van der Waals surface area contributed by atoms with Gasteiger partial charge in [-0.1, -0.05) is 12.1 Å². The van der Waals surface area contributed by atoms with E-state index in [0.29, 0.717) is 23.5 Å². The Kier molecular flexibility index (Phi) is 4.78. The number of carbonyl (C=O) groups excluding carboxylic acids is 2. The van der Waals surface area contributed by atoms with Crippen LogP contribution in [0, 0.1) is 5.92 Å². The number of benzene rings is 1. The minimum absolute atomic E-state index is 0.132. The largest absolute Gasteiger partial charge is 0.452 e. The molecule has 7 nitrogen and oxygen atoms in total. The molecule has 2 aromatic rings. The number of nitrogens with zero attached hydrogens (tertiary/aromatic N) is 4. The van der Waals surface area contributed by atoms with Gasteiger partial charge in [0.05, 0.1) is 11.1 Å². The highest BCUT2D eigenvalue weighted by molar-refractivity contribution is 5.94. The number of likely N-dealkylation sites (tertiary alicyclic amines) is 1. The van der Waals surface area contributed by atoms with Crippen LogP contribution in [-0.2, 0) is 16.1 Å². The quantitative estimate of drug-likeness (QED) is 0.800. The van der Waals surface area contributed by atoms with Crippen molar-refractivity contribution in [1.82, 2.24) is 19.9 Å². The second-order valence-electron chi connectivity index (χ2n) is 6.27. The van der Waals surface area contributed by atoms with E-state index in [1.165, 1.54) is 0 Å². The first-order valence-electron chi connectivity index (χ1n) is 8.36. The monoisotopic (exact) mass is 330 g/mol. The van der Waals surface area contributed by atoms with Crippen molar-refractivity contribution in [2.24, 2.45) is 5.92 Å². The van der Waals surface area contributed by atoms with E-state index in [0.717, 1.165) is 31.4 Å². The number of carbonyl (C=O) groups is 2. The van der Waals surface area contributed by atoms with Gasteiger partial charge in [-0.2, -0.15) is 0 Å². The zero-order valence-electron chi connectivity index (χ0n) is 14.1. The fraction of sp³-hybridized carbons (Fsp3) is 0.529. The van der Waals surface area contributed by atoms with Crippen molar-refractivity contribution >= 4 is 22.9 Å². The Balaban J connectivity index is 1.61. The van der Waals surface area contributed by atoms with Crippen LogP contribution in [0.25, 0.3) is 11.0 Å². The zero-order chi connectivity index (χ0) is 17.1. The van der Waals surface area contributed by atoms with Gasteiger partial charge in [0.1, 0.15) is 5.52 Å². The highest BCUT2D eigenvalue weighted by Gasteiger charge is 2.22. The minimum atomic E-state index is -0.513. The first-order valence-corrected chi connectivity index (χ1v) is 8.36. The molecular weight excluding hydrogens is 308 g/mol. The molecule has 7 heteroatoms. The van der Waals surface area contributed by atoms with E-state index in [1.54, 1.807) is 27.8 Å². The van der Waals surface area contributed by atoms with E-state index in [1.807, 2.05) is 6.92 Å². The summed E-state index contributed by atoms with van der Waals surface area (Å²) in [5, 5.41) is 8.05. The van der Waals surface area contributed by atoms with Crippen molar-refractivity contribution in [1.29, 1.82) is 0 Å². The van der Waals surface area contributed by atoms with E-state index in [9.17, 15) is 9.59 Å². The molecule has 1 aromatic heterocycles. The fourth-order valence-electron chi connectivity index (χ4n) is 3.05. The van der Waals surface area contributed by atoms with Gasteiger partial charge >= 0.3 is 5.97 Å². The smallest absolute Gasteiger partial charge is 0.338 e. The van der Waals surface area contributed by atoms with Crippen molar-refractivity contribution < 1.29 is 14.3 Å². The van der Waals surface area contributed by atoms with Crippen LogP contribution in [0.2, 0.25) is 0 Å². The van der Waals surface area contributed by atoms with Gasteiger partial charge in [-0.05, 0) is 43.9 Å². The number of hydrogen-bond acceptors (Lipinski definition) is 5. The summed E-state index contributed by atoms with van der Waals surface area (Å²) in [4.78, 5) is 26.1. The second kappa shape index (κ2) is 6.98. The number of aromatic nitrogens is 3. The molecular formula is C17H22N4O3. The first kappa shape index (κ1) is 16.4. The predicted molar refractivity (Wildman–Crippen MR) is 88.5 cm³/mol. The highest BCUT2D eigenvalue weighted by Crippen LogP contribution is 2.16. The Bertz CT molecular complexity index is 755. The molecule has 3 rings (SSSR count). The standard InChI is InChI=1S/C17H22N4O3/c1-3-21-15-7-6-13(9-14(15)18-19-21)17(23)24-11-16(22)20-8-4-5-12(2)10-20/h6-7,9,12H,3-5,8,10-11H2,1-2H3. The third-order valence-electron chi connectivity index (χ3n) is 4.39. The van der Waals surface area contributed by atoms with Crippen LogP contribution in [0.5, 0.6) is 0 Å². The third kappa shape index (κ3) is 3.39. The van der Waals surface area contributed by atoms with Gasteiger partial charge in [0.15, 0.2) is 6.61 Å². The molecule has 0 N–H and O–H groups in total. The van der Waals surface area contributed by atoms with Gasteiger partial charge < -0.3 is 9.64 Å². The first-order chi connectivity index (χ1) is 11.6. The molecule has 128 valence electrons. The van der Waals surface area contributed by atoms with E-state index >= 15 is 0 Å². The van der Waals surface area contributed by atoms with E-state index < -0.39 is 5.97 Å². The number of amides is 1. The van der Waals surface area contributed by atoms with Crippen LogP contribution in [0.15, 0.2) is 18.2 Å². The topological polar surface area (TPSA) is 77.3 Å². The fourth-order valence-corrected chi connectivity index (χ4v) is 3.05. The van der Waals surface area contributed by atoms with E-state index in [2.05, 4.69) is 17.2 Å². The molecule has 1 saturated heterocycles. The van der Waals surface area contributed by atoms with E-state index in [-0.39, 0.29) is 12.5 Å². The predicted octanol–water partition coefficient (Wildman–Crippen LogP) is 1.87. The molecule has 2 heterocycles. The Morgan fingerprint density at radius 1 is 1.38 bits per heavy atom. The number of fused-ring (bicyclic) bond motifs is 1. The van der Waals surface area contributed by atoms with Crippen molar-refractivity contribution in [2.75, 3.05) is 19.7 Å². The Morgan fingerprint density at radius 3 is 2.96 bits per heavy atom. The normalized spacial score (nSPS) is 17.9. The minimum Gasteiger partial charge on any atom is -0.452 e. The lowest BCUT2D eigenvalue weighted by molar-refractivity contribution is -0.136. The summed E-state index contributed by atoms with van der Waals surface area (Å²) >= 11 is 0. The molecule has 1 atom stereocenters. The zero-order valence-corrected chi connectivity index (χ0v) is 14.1. The van der Waals surface area contributed by atoms with Crippen LogP contribution < -0.4 is 0 Å². The second-order valence-corrected chi connectivity index (χ2v) is 6.27. The summed E-state index contributed by atoms with van der Waals surface area (Å²) in [6, 6.07) is 5.11. The van der Waals surface area contributed by atoms with Crippen LogP contribution in [0.4, 0.5) is 0 Å². The number of piperidine rings is 1. The van der Waals surface area contributed by atoms with E-state index in [4.69, 9.17) is 4.74 Å². The van der Waals surface area contributed by atoms with Gasteiger partial charge in [0.25, 0.3) is 5.91 Å². The molecule has 1 aromatic carbocycles. The molecule has 1 amide bonds. The number of aryl methyl sites for hydroxylation is 1. The van der Waals surface area contributed by atoms with Gasteiger partial charge in [-0.3, -0.25) is 4.79 Å². The maximum absolute atomic E-state index is 12.2. The molecule has 1 unspecified atom stereocenters. The Morgan fingerprint density at radius 2 is 2.21 bits per heavy atom. The average Bonchev–Trinajstić information content (AvgIpc) is 3.01. The summed E-state index contributed by atoms with van der Waals surface area (Å²) in [6.07, 6.45) is 2.15. The third-order valence-corrected chi connectivity index (χ3v) is 4.39. The lowest BCUT2D eigenvalue weighted by Crippen LogP contribution is -2.41. The van der Waals surface area contributed by atoms with Crippen LogP contribution >= 0.6 is 0 Å². The summed E-state index contributed by atoms with van der Waals surface area (Å²) in [5.74, 6) is -0.142. The average molecular weight is 330 g/mol. The summed E-state index contributed by atoms with van der Waals surface area (Å²) in [6.45, 7) is 6.08.